The molecule has 8 heteroatoms. The summed E-state index contributed by atoms with van der Waals surface area (Å²) in [5.41, 5.74) is 0. The van der Waals surface area contributed by atoms with Crippen molar-refractivity contribution in [3.8, 4) is 0 Å². The van der Waals surface area contributed by atoms with E-state index in [4.69, 9.17) is 0 Å². The summed E-state index contributed by atoms with van der Waals surface area (Å²) >= 11 is 0. The number of nitrogens with one attached hydrogen (secondary N) is 1. The zero-order valence-electron chi connectivity index (χ0n) is 12.6. The third-order valence-electron chi connectivity index (χ3n) is 3.42. The van der Waals surface area contributed by atoms with Crippen LogP contribution in [0.1, 0.15) is 39.0 Å². The van der Waals surface area contributed by atoms with Gasteiger partial charge in [0.1, 0.15) is 0 Å². The van der Waals surface area contributed by atoms with Crippen molar-refractivity contribution < 1.29 is 22.7 Å². The lowest BCUT2D eigenvalue weighted by Gasteiger charge is -2.29. The smallest absolute Gasteiger partial charge is 0.305 e. The predicted octanol–water partition coefficient (Wildman–Crippen LogP) is 0.260. The molecule has 1 aliphatic rings. The number of hydrogen-bond donors (Lipinski definition) is 1. The molecule has 0 bridgehead atoms. The fourth-order valence-electron chi connectivity index (χ4n) is 2.28. The molecule has 0 saturated carbocycles. The number of carbonyl (C=O) groups is 2. The average Bonchev–Trinajstić information content (AvgIpc) is 2.46. The Morgan fingerprint density at radius 1 is 1.24 bits per heavy atom. The number of carbonyl (C=O) groups excluding carboxylic acids is 2. The zero-order valence-corrected chi connectivity index (χ0v) is 13.4. The summed E-state index contributed by atoms with van der Waals surface area (Å²) in [4.78, 5) is 24.8. The van der Waals surface area contributed by atoms with E-state index in [0.717, 1.165) is 19.3 Å². The number of hydrogen-bond acceptors (Lipinski definition) is 5. The molecule has 21 heavy (non-hydrogen) atoms. The van der Waals surface area contributed by atoms with Crippen LogP contribution >= 0.6 is 0 Å². The monoisotopic (exact) mass is 320 g/mol. The average molecular weight is 320 g/mol. The Kier molecular flexibility index (Phi) is 7.10. The highest BCUT2D eigenvalue weighted by Crippen LogP contribution is 2.10. The molecule has 1 rings (SSSR count). The second kappa shape index (κ2) is 8.33. The minimum Gasteiger partial charge on any atom is -0.469 e. The first-order valence-electron chi connectivity index (χ1n) is 7.21. The van der Waals surface area contributed by atoms with E-state index in [2.05, 4.69) is 9.46 Å². The highest BCUT2D eigenvalue weighted by atomic mass is 32.2. The van der Waals surface area contributed by atoms with Crippen LogP contribution in [0.5, 0.6) is 0 Å². The van der Waals surface area contributed by atoms with Crippen LogP contribution in [0.4, 0.5) is 0 Å². The van der Waals surface area contributed by atoms with Crippen LogP contribution in [0, 0.1) is 0 Å². The topological polar surface area (TPSA) is 92.8 Å². The first-order chi connectivity index (χ1) is 9.85. The minimum absolute atomic E-state index is 0.0475. The number of ether oxygens (including phenoxy) is 1. The van der Waals surface area contributed by atoms with Gasteiger partial charge in [0.15, 0.2) is 0 Å². The van der Waals surface area contributed by atoms with Crippen molar-refractivity contribution in [1.29, 1.82) is 0 Å². The first-order valence-corrected chi connectivity index (χ1v) is 8.86. The van der Waals surface area contributed by atoms with E-state index in [9.17, 15) is 18.0 Å². The van der Waals surface area contributed by atoms with Gasteiger partial charge >= 0.3 is 5.97 Å². The van der Waals surface area contributed by atoms with Gasteiger partial charge in [-0.05, 0) is 32.6 Å². The molecule has 0 radical (unpaired) electrons. The minimum atomic E-state index is -3.57. The molecule has 1 aliphatic heterocycles. The fraction of sp³-hybridized carbons (Fsp3) is 0.846. The van der Waals surface area contributed by atoms with Gasteiger partial charge < -0.3 is 9.64 Å². The first kappa shape index (κ1) is 17.9. The molecule has 0 aliphatic carbocycles. The fourth-order valence-corrected chi connectivity index (χ4v) is 3.56. The third kappa shape index (κ3) is 6.43. The maximum Gasteiger partial charge on any atom is 0.305 e. The SMILES string of the molecule is COC(=O)CCCS(=O)(=O)NC(C)C(=O)N1CCCCC1. The van der Waals surface area contributed by atoms with Gasteiger partial charge in [0, 0.05) is 19.5 Å². The summed E-state index contributed by atoms with van der Waals surface area (Å²) in [5, 5.41) is 0. The van der Waals surface area contributed by atoms with Crippen LogP contribution < -0.4 is 4.72 Å². The Morgan fingerprint density at radius 2 is 1.86 bits per heavy atom. The molecular weight excluding hydrogens is 296 g/mol. The van der Waals surface area contributed by atoms with Crippen LogP contribution in [0.25, 0.3) is 0 Å². The summed E-state index contributed by atoms with van der Waals surface area (Å²) in [6.45, 7) is 2.93. The van der Waals surface area contributed by atoms with Gasteiger partial charge in [-0.3, -0.25) is 9.59 Å². The van der Waals surface area contributed by atoms with Crippen molar-refractivity contribution in [1.82, 2.24) is 9.62 Å². The molecule has 1 amide bonds. The van der Waals surface area contributed by atoms with Crippen LogP contribution in [0.15, 0.2) is 0 Å². The molecule has 0 aromatic carbocycles. The number of sulfonamides is 1. The largest absolute Gasteiger partial charge is 0.469 e. The number of rotatable bonds is 7. The Balaban J connectivity index is 2.42. The van der Waals surface area contributed by atoms with Gasteiger partial charge in [-0.15, -0.1) is 0 Å². The number of esters is 1. The maximum atomic E-state index is 12.1. The molecular formula is C13H24N2O5S. The quantitative estimate of drug-likeness (QED) is 0.679. The van der Waals surface area contributed by atoms with Crippen molar-refractivity contribution in [2.75, 3.05) is 26.0 Å². The van der Waals surface area contributed by atoms with Gasteiger partial charge in [0.25, 0.3) is 0 Å². The van der Waals surface area contributed by atoms with E-state index < -0.39 is 22.0 Å². The summed E-state index contributed by atoms with van der Waals surface area (Å²) in [7, 11) is -2.32. The second-order valence-corrected chi connectivity index (χ2v) is 7.10. The molecule has 1 saturated heterocycles. The van der Waals surface area contributed by atoms with Crippen LogP contribution in [-0.2, 0) is 24.3 Å². The summed E-state index contributed by atoms with van der Waals surface area (Å²) in [6.07, 6.45) is 3.25. The van der Waals surface area contributed by atoms with Gasteiger partial charge in [0.2, 0.25) is 15.9 Å². The van der Waals surface area contributed by atoms with Gasteiger partial charge in [-0.2, -0.15) is 0 Å². The summed E-state index contributed by atoms with van der Waals surface area (Å²) < 4.78 is 30.6. The molecule has 122 valence electrons. The van der Waals surface area contributed by atoms with Gasteiger partial charge in [0.05, 0.1) is 18.9 Å². The van der Waals surface area contributed by atoms with Gasteiger partial charge in [-0.1, -0.05) is 0 Å². The van der Waals surface area contributed by atoms with Crippen LogP contribution in [0.3, 0.4) is 0 Å². The molecule has 0 aromatic rings. The third-order valence-corrected chi connectivity index (χ3v) is 4.95. The second-order valence-electron chi connectivity index (χ2n) is 5.22. The molecule has 0 aromatic heterocycles. The molecule has 1 heterocycles. The normalized spacial score (nSPS) is 17.3. The van der Waals surface area contributed by atoms with Crippen molar-refractivity contribution in [2.24, 2.45) is 0 Å². The Hall–Kier alpha value is -1.15. The highest BCUT2D eigenvalue weighted by Gasteiger charge is 2.25. The number of nitrogens with zero attached hydrogens (tertiary/aromatic N) is 1. The predicted molar refractivity (Wildman–Crippen MR) is 78.1 cm³/mol. The molecule has 1 fully saturated rings. The van der Waals surface area contributed by atoms with E-state index in [-0.39, 0.29) is 24.5 Å². The van der Waals surface area contributed by atoms with Crippen molar-refractivity contribution in [3.05, 3.63) is 0 Å². The lowest BCUT2D eigenvalue weighted by atomic mass is 10.1. The van der Waals surface area contributed by atoms with Crippen molar-refractivity contribution in [3.63, 3.8) is 0 Å². The van der Waals surface area contributed by atoms with Crippen molar-refractivity contribution >= 4 is 21.9 Å². The number of piperidine rings is 1. The van der Waals surface area contributed by atoms with E-state index in [1.165, 1.54) is 7.11 Å². The van der Waals surface area contributed by atoms with E-state index >= 15 is 0 Å². The maximum absolute atomic E-state index is 12.1. The van der Waals surface area contributed by atoms with Gasteiger partial charge in [-0.25, -0.2) is 13.1 Å². The Morgan fingerprint density at radius 3 is 2.43 bits per heavy atom. The molecule has 1 atom stereocenters. The van der Waals surface area contributed by atoms with E-state index in [1.807, 2.05) is 0 Å². The lowest BCUT2D eigenvalue weighted by molar-refractivity contribution is -0.140. The number of likely N-dealkylation sites (tertiary alicyclic amines) is 1. The summed E-state index contributed by atoms with van der Waals surface area (Å²) in [6, 6.07) is -0.772. The Bertz CT molecular complexity index is 457. The molecule has 0 spiro atoms. The summed E-state index contributed by atoms with van der Waals surface area (Å²) in [5.74, 6) is -0.825. The Labute approximate surface area is 126 Å². The number of methoxy groups -OCH3 is 1. The standard InChI is InChI=1S/C13H24N2O5S/c1-11(13(17)15-8-4-3-5-9-15)14-21(18,19)10-6-7-12(16)20-2/h11,14H,3-10H2,1-2H3. The molecule has 1 N–H and O–H groups in total. The van der Waals surface area contributed by atoms with Crippen LogP contribution in [0.2, 0.25) is 0 Å². The molecule has 7 nitrogen and oxygen atoms in total. The van der Waals surface area contributed by atoms with Crippen molar-refractivity contribution in [2.45, 2.75) is 45.1 Å². The number of amides is 1. The highest BCUT2D eigenvalue weighted by molar-refractivity contribution is 7.89. The zero-order chi connectivity index (χ0) is 15.9. The van der Waals surface area contributed by atoms with E-state index in [1.54, 1.807) is 11.8 Å². The molecule has 1 unspecified atom stereocenters. The van der Waals surface area contributed by atoms with E-state index in [0.29, 0.717) is 13.1 Å². The van der Waals surface area contributed by atoms with Crippen LogP contribution in [-0.4, -0.2) is 57.2 Å². The lowest BCUT2D eigenvalue weighted by Crippen LogP contribution is -2.48.